The number of nitrogens with zero attached hydrogens (tertiary/aromatic N) is 5. The van der Waals surface area contributed by atoms with Gasteiger partial charge < -0.3 is 9.80 Å². The van der Waals surface area contributed by atoms with Crippen LogP contribution in [0.15, 0.2) is 76.6 Å². The van der Waals surface area contributed by atoms with Crippen LogP contribution in [0.2, 0.25) is 0 Å². The summed E-state index contributed by atoms with van der Waals surface area (Å²) in [7, 11) is 0. The molecule has 2 aliphatic rings. The molecule has 0 saturated carbocycles. The third kappa shape index (κ3) is 5.34. The standard InChI is InChI=1S/C30H25F2N5O2S2/c1-19-3-2-12-36-26(19)33-27(35-15-13-34(14-16-35)23-10-8-22(32)9-11-23)24(28(36)38)17-25-29(39)37(30(40)41-25)18-20-4-6-21(31)7-5-20/h2-12,17H,13-16,18H2,1H3. The van der Waals surface area contributed by atoms with E-state index in [9.17, 15) is 18.4 Å². The molecule has 2 aromatic carbocycles. The highest BCUT2D eigenvalue weighted by Crippen LogP contribution is 2.35. The Morgan fingerprint density at radius 1 is 0.927 bits per heavy atom. The Morgan fingerprint density at radius 2 is 1.56 bits per heavy atom. The van der Waals surface area contributed by atoms with Gasteiger partial charge in [-0.05, 0) is 66.6 Å². The lowest BCUT2D eigenvalue weighted by Crippen LogP contribution is -2.47. The minimum absolute atomic E-state index is 0.203. The average Bonchev–Trinajstić information content (AvgIpc) is 3.24. The van der Waals surface area contributed by atoms with Crippen molar-refractivity contribution in [3.05, 3.63) is 110 Å². The predicted molar refractivity (Wildman–Crippen MR) is 162 cm³/mol. The van der Waals surface area contributed by atoms with Crippen LogP contribution < -0.4 is 15.4 Å². The van der Waals surface area contributed by atoms with E-state index in [1.54, 1.807) is 42.6 Å². The van der Waals surface area contributed by atoms with Gasteiger partial charge in [0.1, 0.15) is 27.4 Å². The topological polar surface area (TPSA) is 61.2 Å². The van der Waals surface area contributed by atoms with Gasteiger partial charge in [0.2, 0.25) is 0 Å². The fourth-order valence-corrected chi connectivity index (χ4v) is 6.27. The first kappa shape index (κ1) is 27.1. The van der Waals surface area contributed by atoms with Gasteiger partial charge in [0, 0.05) is 38.1 Å². The highest BCUT2D eigenvalue weighted by atomic mass is 32.2. The number of thioether (sulfide) groups is 1. The quantitative estimate of drug-likeness (QED) is 0.240. The first-order valence-corrected chi connectivity index (χ1v) is 14.3. The smallest absolute Gasteiger partial charge is 0.267 e. The lowest BCUT2D eigenvalue weighted by Gasteiger charge is -2.37. The van der Waals surface area contributed by atoms with Crippen LogP contribution in [-0.2, 0) is 11.3 Å². The van der Waals surface area contributed by atoms with Crippen LogP contribution in [0.1, 0.15) is 16.7 Å². The first-order valence-electron chi connectivity index (χ1n) is 13.1. The maximum Gasteiger partial charge on any atom is 0.267 e. The number of piperazine rings is 1. The number of pyridine rings is 1. The third-order valence-corrected chi connectivity index (χ3v) is 8.62. The molecule has 0 atom stereocenters. The van der Waals surface area contributed by atoms with Gasteiger partial charge in [0.25, 0.3) is 11.5 Å². The molecule has 2 aliphatic heterocycles. The van der Waals surface area contributed by atoms with E-state index in [1.165, 1.54) is 33.6 Å². The zero-order valence-electron chi connectivity index (χ0n) is 22.1. The van der Waals surface area contributed by atoms with E-state index in [-0.39, 0.29) is 29.6 Å². The second kappa shape index (κ2) is 11.1. The molecular formula is C30H25F2N5O2S2. The fraction of sp³-hybridized carbons (Fsp3) is 0.200. The largest absolute Gasteiger partial charge is 0.368 e. The fourth-order valence-electron chi connectivity index (χ4n) is 5.04. The highest BCUT2D eigenvalue weighted by molar-refractivity contribution is 8.26. The summed E-state index contributed by atoms with van der Waals surface area (Å²) in [4.78, 5) is 38.2. The number of rotatable bonds is 5. The van der Waals surface area contributed by atoms with E-state index in [0.29, 0.717) is 52.4 Å². The zero-order chi connectivity index (χ0) is 28.7. The number of halogens is 2. The van der Waals surface area contributed by atoms with Crippen LogP contribution in [0.4, 0.5) is 20.3 Å². The number of benzene rings is 2. The van der Waals surface area contributed by atoms with Crippen LogP contribution >= 0.6 is 24.0 Å². The number of hydrogen-bond donors (Lipinski definition) is 0. The lowest BCUT2D eigenvalue weighted by atomic mass is 10.2. The minimum atomic E-state index is -0.357. The number of thiocarbonyl (C=S) groups is 1. The summed E-state index contributed by atoms with van der Waals surface area (Å²) >= 11 is 6.63. The molecule has 1 amide bonds. The van der Waals surface area contributed by atoms with Gasteiger partial charge in [0.15, 0.2) is 0 Å². The molecule has 4 aromatic rings. The summed E-state index contributed by atoms with van der Waals surface area (Å²) in [6.07, 6.45) is 3.26. The van der Waals surface area contributed by atoms with Crippen LogP contribution in [0.5, 0.6) is 0 Å². The Kier molecular flexibility index (Phi) is 7.31. The normalized spacial score (nSPS) is 16.9. The van der Waals surface area contributed by atoms with Crippen LogP contribution in [0.3, 0.4) is 0 Å². The monoisotopic (exact) mass is 589 g/mol. The van der Waals surface area contributed by atoms with Gasteiger partial charge in [0.05, 0.1) is 17.0 Å². The van der Waals surface area contributed by atoms with Crippen molar-refractivity contribution in [2.45, 2.75) is 13.5 Å². The van der Waals surface area contributed by atoms with Gasteiger partial charge in [-0.15, -0.1) is 0 Å². The maximum atomic E-state index is 13.8. The molecule has 2 aromatic heterocycles. The lowest BCUT2D eigenvalue weighted by molar-refractivity contribution is -0.122. The summed E-state index contributed by atoms with van der Waals surface area (Å²) in [5.74, 6) is -0.446. The van der Waals surface area contributed by atoms with Crippen LogP contribution in [0, 0.1) is 18.6 Å². The van der Waals surface area contributed by atoms with Crippen molar-refractivity contribution in [3.63, 3.8) is 0 Å². The molecule has 0 bridgehead atoms. The number of anilines is 2. The van der Waals surface area contributed by atoms with Crippen molar-refractivity contribution in [3.8, 4) is 0 Å². The molecule has 0 spiro atoms. The van der Waals surface area contributed by atoms with Gasteiger partial charge in [-0.1, -0.05) is 42.2 Å². The molecular weight excluding hydrogens is 564 g/mol. The van der Waals surface area contributed by atoms with Crippen molar-refractivity contribution in [2.24, 2.45) is 0 Å². The average molecular weight is 590 g/mol. The van der Waals surface area contributed by atoms with Crippen molar-refractivity contribution in [1.29, 1.82) is 0 Å². The van der Waals surface area contributed by atoms with Gasteiger partial charge in [-0.3, -0.25) is 18.9 Å². The number of carbonyl (C=O) groups excluding carboxylic acids is 1. The molecule has 0 N–H and O–H groups in total. The van der Waals surface area contributed by atoms with Crippen LogP contribution in [-0.4, -0.2) is 50.7 Å². The molecule has 6 rings (SSSR count). The summed E-state index contributed by atoms with van der Waals surface area (Å²) in [5, 5.41) is 0. The van der Waals surface area contributed by atoms with E-state index in [1.807, 2.05) is 13.0 Å². The molecule has 0 radical (unpaired) electrons. The molecule has 2 saturated heterocycles. The second-order valence-electron chi connectivity index (χ2n) is 9.88. The van der Waals surface area contributed by atoms with Crippen molar-refractivity contribution in [2.75, 3.05) is 36.0 Å². The number of amides is 1. The molecule has 41 heavy (non-hydrogen) atoms. The molecule has 0 unspecified atom stereocenters. The molecule has 11 heteroatoms. The summed E-state index contributed by atoms with van der Waals surface area (Å²) in [6.45, 7) is 4.57. The number of fused-ring (bicyclic) bond motifs is 1. The second-order valence-corrected chi connectivity index (χ2v) is 11.6. The molecule has 2 fully saturated rings. The van der Waals surface area contributed by atoms with Gasteiger partial charge in [-0.25, -0.2) is 13.8 Å². The summed E-state index contributed by atoms with van der Waals surface area (Å²) in [6, 6.07) is 16.0. The first-order chi connectivity index (χ1) is 19.8. The highest BCUT2D eigenvalue weighted by Gasteiger charge is 2.33. The SMILES string of the molecule is Cc1cccn2c(=O)c(C=C3SC(=S)N(Cc4ccc(F)cc4)C3=O)c(N3CCN(c4ccc(F)cc4)CC3)nc12. The van der Waals surface area contributed by atoms with Crippen molar-refractivity contribution < 1.29 is 13.6 Å². The maximum absolute atomic E-state index is 13.8. The number of aromatic nitrogens is 2. The Bertz CT molecular complexity index is 1750. The van der Waals surface area contributed by atoms with Gasteiger partial charge in [-0.2, -0.15) is 0 Å². The van der Waals surface area contributed by atoms with Crippen molar-refractivity contribution in [1.82, 2.24) is 14.3 Å². The Balaban J connectivity index is 1.34. The third-order valence-electron chi connectivity index (χ3n) is 7.24. The van der Waals surface area contributed by atoms with E-state index in [4.69, 9.17) is 17.2 Å². The summed E-state index contributed by atoms with van der Waals surface area (Å²) in [5.41, 5.74) is 3.11. The number of aryl methyl sites for hydroxylation is 1. The van der Waals surface area contributed by atoms with Crippen molar-refractivity contribution >= 4 is 57.4 Å². The van der Waals surface area contributed by atoms with Crippen LogP contribution in [0.25, 0.3) is 11.7 Å². The molecule has 208 valence electrons. The minimum Gasteiger partial charge on any atom is -0.368 e. The summed E-state index contributed by atoms with van der Waals surface area (Å²) < 4.78 is 28.7. The van der Waals surface area contributed by atoms with E-state index >= 15 is 0 Å². The number of hydrogen-bond acceptors (Lipinski definition) is 7. The molecule has 7 nitrogen and oxygen atoms in total. The zero-order valence-corrected chi connectivity index (χ0v) is 23.7. The Hall–Kier alpha value is -4.09. The van der Waals surface area contributed by atoms with E-state index in [0.717, 1.165) is 28.6 Å². The van der Waals surface area contributed by atoms with E-state index in [2.05, 4.69) is 9.80 Å². The Labute approximate surface area is 244 Å². The van der Waals surface area contributed by atoms with E-state index < -0.39 is 0 Å². The molecule has 0 aliphatic carbocycles. The predicted octanol–water partition coefficient (Wildman–Crippen LogP) is 5.01. The number of carbonyl (C=O) groups is 1. The molecule has 4 heterocycles. The van der Waals surface area contributed by atoms with Gasteiger partial charge >= 0.3 is 0 Å². The Morgan fingerprint density at radius 3 is 2.24 bits per heavy atom.